The number of benzene rings is 1. The topological polar surface area (TPSA) is 36.0 Å². The summed E-state index contributed by atoms with van der Waals surface area (Å²) in [7, 11) is 0. The third-order valence-electron chi connectivity index (χ3n) is 5.35. The molecule has 1 aromatic heterocycles. The Bertz CT molecular complexity index is 798. The average molecular weight is 464 g/mol. The zero-order valence-electron chi connectivity index (χ0n) is 16.0. The smallest absolute Gasteiger partial charge is 0.253 e. The molecule has 2 fully saturated rings. The third kappa shape index (κ3) is 5.21. The predicted molar refractivity (Wildman–Crippen MR) is 116 cm³/mol. The van der Waals surface area contributed by atoms with Gasteiger partial charge in [-0.2, -0.15) is 0 Å². The molecule has 0 atom stereocenters. The van der Waals surface area contributed by atoms with Crippen LogP contribution in [0, 0.1) is 0 Å². The Morgan fingerprint density at radius 1 is 0.964 bits per heavy atom. The van der Waals surface area contributed by atoms with Crippen molar-refractivity contribution in [2.45, 2.75) is 13.1 Å². The van der Waals surface area contributed by atoms with Crippen molar-refractivity contribution in [3.05, 3.63) is 56.2 Å². The molecule has 0 spiro atoms. The zero-order valence-corrected chi connectivity index (χ0v) is 18.4. The maximum absolute atomic E-state index is 13.0. The van der Waals surface area contributed by atoms with E-state index in [4.69, 9.17) is 4.74 Å². The lowest BCUT2D eigenvalue weighted by Gasteiger charge is -2.34. The Kier molecular flexibility index (Phi) is 6.80. The summed E-state index contributed by atoms with van der Waals surface area (Å²) in [6, 6.07) is 12.4. The fourth-order valence-corrected chi connectivity index (χ4v) is 5.29. The van der Waals surface area contributed by atoms with Gasteiger partial charge in [0.2, 0.25) is 0 Å². The number of amides is 1. The van der Waals surface area contributed by atoms with E-state index in [0.717, 1.165) is 71.1 Å². The van der Waals surface area contributed by atoms with E-state index in [0.29, 0.717) is 0 Å². The first-order chi connectivity index (χ1) is 13.7. The highest BCUT2D eigenvalue weighted by Crippen LogP contribution is 2.24. The van der Waals surface area contributed by atoms with Crippen molar-refractivity contribution in [1.82, 2.24) is 14.7 Å². The Morgan fingerprint density at radius 3 is 2.43 bits per heavy atom. The number of carbonyl (C=O) groups is 1. The van der Waals surface area contributed by atoms with Crippen LogP contribution in [0.15, 0.2) is 40.2 Å². The van der Waals surface area contributed by atoms with Gasteiger partial charge in [-0.25, -0.2) is 0 Å². The first-order valence-corrected chi connectivity index (χ1v) is 11.4. The van der Waals surface area contributed by atoms with Crippen LogP contribution < -0.4 is 0 Å². The minimum atomic E-state index is 0.155. The monoisotopic (exact) mass is 463 g/mol. The molecular formula is C21H26BrN3O2S. The van der Waals surface area contributed by atoms with Crippen LogP contribution in [0.2, 0.25) is 0 Å². The van der Waals surface area contributed by atoms with Crippen LogP contribution >= 0.6 is 27.3 Å². The fraction of sp³-hybridized carbons (Fsp3) is 0.476. The van der Waals surface area contributed by atoms with Crippen LogP contribution in [0.3, 0.4) is 0 Å². The van der Waals surface area contributed by atoms with Gasteiger partial charge in [-0.1, -0.05) is 12.1 Å². The summed E-state index contributed by atoms with van der Waals surface area (Å²) in [5, 5.41) is 0. The summed E-state index contributed by atoms with van der Waals surface area (Å²) in [6.07, 6.45) is 0. The molecule has 2 saturated heterocycles. The van der Waals surface area contributed by atoms with E-state index in [1.165, 1.54) is 14.2 Å². The van der Waals surface area contributed by atoms with Crippen molar-refractivity contribution in [2.75, 3.05) is 52.5 Å². The summed E-state index contributed by atoms with van der Waals surface area (Å²) in [4.78, 5) is 21.2. The number of hydrogen-bond acceptors (Lipinski definition) is 5. The molecule has 0 unspecified atom stereocenters. The number of piperazine rings is 1. The Balaban J connectivity index is 1.31. The molecule has 2 aliphatic heterocycles. The maximum Gasteiger partial charge on any atom is 0.253 e. The molecule has 4 rings (SSSR count). The number of nitrogens with zero attached hydrogens (tertiary/aromatic N) is 3. The average Bonchev–Trinajstić information content (AvgIpc) is 3.13. The van der Waals surface area contributed by atoms with Crippen LogP contribution in [0.25, 0.3) is 0 Å². The van der Waals surface area contributed by atoms with E-state index in [9.17, 15) is 4.79 Å². The normalized spacial score (nSPS) is 19.1. The van der Waals surface area contributed by atoms with Gasteiger partial charge in [-0.3, -0.25) is 14.6 Å². The highest BCUT2D eigenvalue weighted by molar-refractivity contribution is 9.11. The number of halogens is 1. The van der Waals surface area contributed by atoms with Gasteiger partial charge in [-0.05, 0) is 45.8 Å². The molecule has 7 heteroatoms. The molecular weight excluding hydrogens is 438 g/mol. The first-order valence-electron chi connectivity index (χ1n) is 9.82. The van der Waals surface area contributed by atoms with Gasteiger partial charge in [0.25, 0.3) is 5.91 Å². The van der Waals surface area contributed by atoms with Gasteiger partial charge in [0.1, 0.15) is 0 Å². The maximum atomic E-state index is 13.0. The number of hydrogen-bond donors (Lipinski definition) is 0. The highest BCUT2D eigenvalue weighted by Gasteiger charge is 2.23. The number of thiophene rings is 1. The molecule has 0 radical (unpaired) electrons. The lowest BCUT2D eigenvalue weighted by molar-refractivity contribution is 0.0341. The van der Waals surface area contributed by atoms with Gasteiger partial charge in [0.15, 0.2) is 0 Å². The van der Waals surface area contributed by atoms with E-state index >= 15 is 0 Å². The van der Waals surface area contributed by atoms with Crippen molar-refractivity contribution >= 4 is 33.2 Å². The Hall–Kier alpha value is -1.25. The summed E-state index contributed by atoms with van der Waals surface area (Å²) in [5.74, 6) is 0.155. The molecule has 28 heavy (non-hydrogen) atoms. The van der Waals surface area contributed by atoms with Crippen LogP contribution in [0.5, 0.6) is 0 Å². The number of ether oxygens (including phenoxy) is 1. The van der Waals surface area contributed by atoms with Crippen molar-refractivity contribution < 1.29 is 9.53 Å². The number of carbonyl (C=O) groups excluding carboxylic acids is 1. The van der Waals surface area contributed by atoms with E-state index in [1.54, 1.807) is 11.3 Å². The molecule has 3 heterocycles. The van der Waals surface area contributed by atoms with Crippen LogP contribution in [0.1, 0.15) is 20.8 Å². The second kappa shape index (κ2) is 9.50. The minimum absolute atomic E-state index is 0.155. The molecule has 0 bridgehead atoms. The number of rotatable bonds is 5. The second-order valence-electron chi connectivity index (χ2n) is 7.36. The summed E-state index contributed by atoms with van der Waals surface area (Å²) in [5.41, 5.74) is 2.01. The Morgan fingerprint density at radius 2 is 1.71 bits per heavy atom. The van der Waals surface area contributed by atoms with Gasteiger partial charge in [0, 0.05) is 62.8 Å². The van der Waals surface area contributed by atoms with E-state index in [1.807, 2.05) is 17.0 Å². The van der Waals surface area contributed by atoms with E-state index in [-0.39, 0.29) is 5.91 Å². The van der Waals surface area contributed by atoms with Crippen molar-refractivity contribution in [3.8, 4) is 0 Å². The third-order valence-corrected chi connectivity index (χ3v) is 6.96. The fourth-order valence-electron chi connectivity index (χ4n) is 3.77. The quantitative estimate of drug-likeness (QED) is 0.681. The lowest BCUT2D eigenvalue weighted by atomic mass is 10.1. The van der Waals surface area contributed by atoms with E-state index < -0.39 is 0 Å². The zero-order chi connectivity index (χ0) is 19.3. The predicted octanol–water partition coefficient (Wildman–Crippen LogP) is 3.30. The molecule has 5 nitrogen and oxygen atoms in total. The minimum Gasteiger partial charge on any atom is -0.379 e. The van der Waals surface area contributed by atoms with Gasteiger partial charge in [-0.15, -0.1) is 11.3 Å². The summed E-state index contributed by atoms with van der Waals surface area (Å²) >= 11 is 5.31. The molecule has 150 valence electrons. The lowest BCUT2D eigenvalue weighted by Crippen LogP contribution is -2.48. The molecule has 2 aliphatic rings. The van der Waals surface area contributed by atoms with Gasteiger partial charge in [0.05, 0.1) is 17.0 Å². The Labute approximate surface area is 179 Å². The van der Waals surface area contributed by atoms with Gasteiger partial charge < -0.3 is 9.64 Å². The highest BCUT2D eigenvalue weighted by atomic mass is 79.9. The van der Waals surface area contributed by atoms with Gasteiger partial charge >= 0.3 is 0 Å². The SMILES string of the molecule is O=C(c1cccc(CN2CCOCC2)c1)N1CCN(Cc2ccc(Br)s2)CC1. The molecule has 0 saturated carbocycles. The second-order valence-corrected chi connectivity index (χ2v) is 9.91. The standard InChI is InChI=1S/C21H26BrN3O2S/c22-20-5-4-19(28-20)16-23-6-8-25(9-7-23)21(26)18-3-1-2-17(14-18)15-24-10-12-27-13-11-24/h1-5,14H,6-13,15-16H2. The van der Waals surface area contributed by atoms with Crippen LogP contribution in [0.4, 0.5) is 0 Å². The van der Waals surface area contributed by atoms with Crippen molar-refractivity contribution in [3.63, 3.8) is 0 Å². The van der Waals surface area contributed by atoms with Crippen LogP contribution in [-0.4, -0.2) is 73.1 Å². The largest absolute Gasteiger partial charge is 0.379 e. The van der Waals surface area contributed by atoms with E-state index in [2.05, 4.69) is 50.0 Å². The van der Waals surface area contributed by atoms with Crippen molar-refractivity contribution in [2.24, 2.45) is 0 Å². The summed E-state index contributed by atoms with van der Waals surface area (Å²) < 4.78 is 6.59. The van der Waals surface area contributed by atoms with Crippen molar-refractivity contribution in [1.29, 1.82) is 0 Å². The molecule has 1 amide bonds. The number of morpholine rings is 1. The summed E-state index contributed by atoms with van der Waals surface area (Å²) in [6.45, 7) is 8.79. The molecule has 1 aromatic carbocycles. The molecule has 0 N–H and O–H groups in total. The van der Waals surface area contributed by atoms with Crippen LogP contribution in [-0.2, 0) is 17.8 Å². The molecule has 0 aliphatic carbocycles. The first kappa shape index (κ1) is 20.0. The molecule has 2 aromatic rings.